The number of esters is 1. The first-order valence-electron chi connectivity index (χ1n) is 8.24. The first-order valence-corrected chi connectivity index (χ1v) is 8.24. The fourth-order valence-corrected chi connectivity index (χ4v) is 3.01. The van der Waals surface area contributed by atoms with Crippen LogP contribution >= 0.6 is 0 Å². The molecule has 0 aromatic heterocycles. The first kappa shape index (κ1) is 18.5. The molecule has 0 saturated carbocycles. The van der Waals surface area contributed by atoms with Gasteiger partial charge in [0, 0.05) is 12.5 Å². The van der Waals surface area contributed by atoms with Gasteiger partial charge in [0.2, 0.25) is 11.9 Å². The number of nitrogens with zero attached hydrogens (tertiary/aromatic N) is 2. The van der Waals surface area contributed by atoms with Crippen molar-refractivity contribution in [1.29, 1.82) is 0 Å². The van der Waals surface area contributed by atoms with Crippen molar-refractivity contribution in [2.45, 2.75) is 25.9 Å². The number of ether oxygens (including phenoxy) is 3. The number of carboxylic acids is 1. The van der Waals surface area contributed by atoms with Crippen LogP contribution in [0.5, 0.6) is 11.5 Å². The van der Waals surface area contributed by atoms with Crippen LogP contribution in [0.2, 0.25) is 0 Å². The van der Waals surface area contributed by atoms with Crippen molar-refractivity contribution in [2.75, 3.05) is 20.3 Å². The number of hydrogen-bond acceptors (Lipinski definition) is 8. The van der Waals surface area contributed by atoms with E-state index in [9.17, 15) is 14.4 Å². The predicted molar refractivity (Wildman–Crippen MR) is 91.9 cm³/mol. The third-order valence-electron chi connectivity index (χ3n) is 4.16. The molecule has 0 aliphatic carbocycles. The SMILES string of the molecule is COc1c(OCCOC(C)=O)ccc2c1CN1C(=N2)NC(=O)C1CC(=O)O. The third-order valence-corrected chi connectivity index (χ3v) is 4.16. The summed E-state index contributed by atoms with van der Waals surface area (Å²) in [6.07, 6.45) is -0.332. The van der Waals surface area contributed by atoms with Crippen LogP contribution in [0.15, 0.2) is 17.1 Å². The van der Waals surface area contributed by atoms with Crippen LogP contribution in [0.1, 0.15) is 18.9 Å². The lowest BCUT2D eigenvalue weighted by Crippen LogP contribution is -2.38. The summed E-state index contributed by atoms with van der Waals surface area (Å²) in [5, 5.41) is 11.7. The third kappa shape index (κ3) is 3.78. The van der Waals surface area contributed by atoms with E-state index in [1.54, 1.807) is 17.0 Å². The van der Waals surface area contributed by atoms with Gasteiger partial charge in [0.1, 0.15) is 19.3 Å². The molecule has 0 bridgehead atoms. The Labute approximate surface area is 154 Å². The van der Waals surface area contributed by atoms with Crippen LogP contribution in [-0.2, 0) is 25.7 Å². The van der Waals surface area contributed by atoms with Crippen LogP contribution in [0.25, 0.3) is 0 Å². The van der Waals surface area contributed by atoms with E-state index in [0.29, 0.717) is 28.7 Å². The number of fused-ring (bicyclic) bond motifs is 2. The number of aliphatic carboxylic acids is 1. The molecule has 2 heterocycles. The van der Waals surface area contributed by atoms with E-state index in [0.717, 1.165) is 0 Å². The maximum absolute atomic E-state index is 12.1. The maximum Gasteiger partial charge on any atom is 0.305 e. The Hall–Kier alpha value is -3.30. The highest BCUT2D eigenvalue weighted by molar-refractivity contribution is 6.08. The monoisotopic (exact) mass is 377 g/mol. The van der Waals surface area contributed by atoms with Gasteiger partial charge in [-0.3, -0.25) is 19.7 Å². The van der Waals surface area contributed by atoms with Crippen molar-refractivity contribution >= 4 is 29.5 Å². The summed E-state index contributed by atoms with van der Waals surface area (Å²) in [6, 6.07) is 2.56. The minimum absolute atomic E-state index is 0.100. The van der Waals surface area contributed by atoms with Crippen molar-refractivity contribution in [3.8, 4) is 11.5 Å². The quantitative estimate of drug-likeness (QED) is 0.517. The highest BCUT2D eigenvalue weighted by atomic mass is 16.6. The number of amides is 1. The van der Waals surface area contributed by atoms with E-state index in [1.165, 1.54) is 14.0 Å². The lowest BCUT2D eigenvalue weighted by molar-refractivity contribution is -0.141. The molecule has 1 atom stereocenters. The summed E-state index contributed by atoms with van der Waals surface area (Å²) in [6.45, 7) is 1.81. The molecule has 2 aliphatic rings. The van der Waals surface area contributed by atoms with Crippen LogP contribution < -0.4 is 14.8 Å². The molecule has 2 N–H and O–H groups in total. The predicted octanol–water partition coefficient (Wildman–Crippen LogP) is 0.413. The van der Waals surface area contributed by atoms with E-state index in [1.807, 2.05) is 0 Å². The number of methoxy groups -OCH3 is 1. The molecule has 2 aliphatic heterocycles. The van der Waals surface area contributed by atoms with Gasteiger partial charge >= 0.3 is 11.9 Å². The minimum Gasteiger partial charge on any atom is -0.492 e. The van der Waals surface area contributed by atoms with Crippen molar-refractivity contribution in [2.24, 2.45) is 4.99 Å². The van der Waals surface area contributed by atoms with Crippen LogP contribution in [0.3, 0.4) is 0 Å². The number of benzene rings is 1. The fourth-order valence-electron chi connectivity index (χ4n) is 3.01. The molecule has 1 fully saturated rings. The number of carbonyl (C=O) groups is 3. The summed E-state index contributed by atoms with van der Waals surface area (Å²) >= 11 is 0. The zero-order valence-electron chi connectivity index (χ0n) is 14.9. The maximum atomic E-state index is 12.1. The topological polar surface area (TPSA) is 127 Å². The zero-order chi connectivity index (χ0) is 19.6. The largest absolute Gasteiger partial charge is 0.492 e. The van der Waals surface area contributed by atoms with Gasteiger partial charge in [-0.2, -0.15) is 0 Å². The summed E-state index contributed by atoms with van der Waals surface area (Å²) in [7, 11) is 1.48. The molecule has 1 saturated heterocycles. The Kier molecular flexibility index (Phi) is 5.15. The van der Waals surface area contributed by atoms with Gasteiger partial charge in [-0.15, -0.1) is 0 Å². The Balaban J connectivity index is 1.83. The molecule has 1 aromatic rings. The molecular formula is C17H19N3O7. The molecule has 1 aromatic carbocycles. The van der Waals surface area contributed by atoms with Crippen molar-refractivity contribution in [3.05, 3.63) is 17.7 Å². The summed E-state index contributed by atoms with van der Waals surface area (Å²) in [5.41, 5.74) is 1.28. The van der Waals surface area contributed by atoms with Gasteiger partial charge in [0.25, 0.3) is 0 Å². The zero-order valence-corrected chi connectivity index (χ0v) is 14.9. The molecule has 0 radical (unpaired) electrons. The number of carboxylic acid groups (broad SMARTS) is 1. The van der Waals surface area contributed by atoms with Gasteiger partial charge in [0.05, 0.1) is 25.8 Å². The second-order valence-electron chi connectivity index (χ2n) is 5.95. The highest BCUT2D eigenvalue weighted by Crippen LogP contribution is 2.41. The average Bonchev–Trinajstić information content (AvgIpc) is 2.90. The second kappa shape index (κ2) is 7.52. The lowest BCUT2D eigenvalue weighted by Gasteiger charge is -2.28. The average molecular weight is 377 g/mol. The Bertz CT molecular complexity index is 821. The summed E-state index contributed by atoms with van der Waals surface area (Å²) in [4.78, 5) is 40.0. The summed E-state index contributed by atoms with van der Waals surface area (Å²) in [5.74, 6) is -0.669. The van der Waals surface area contributed by atoms with E-state index < -0.39 is 23.9 Å². The Morgan fingerprint density at radius 2 is 2.15 bits per heavy atom. The van der Waals surface area contributed by atoms with E-state index >= 15 is 0 Å². The molecule has 10 heteroatoms. The summed E-state index contributed by atoms with van der Waals surface area (Å²) < 4.78 is 15.9. The van der Waals surface area contributed by atoms with E-state index in [4.69, 9.17) is 19.3 Å². The van der Waals surface area contributed by atoms with Crippen molar-refractivity contribution in [1.82, 2.24) is 10.2 Å². The molecule has 144 valence electrons. The number of rotatable bonds is 7. The Morgan fingerprint density at radius 1 is 1.37 bits per heavy atom. The second-order valence-corrected chi connectivity index (χ2v) is 5.95. The number of guanidine groups is 1. The van der Waals surface area contributed by atoms with E-state index in [2.05, 4.69) is 10.3 Å². The number of nitrogens with one attached hydrogen (secondary N) is 1. The molecule has 3 rings (SSSR count). The smallest absolute Gasteiger partial charge is 0.305 e. The van der Waals surface area contributed by atoms with Crippen LogP contribution in [0.4, 0.5) is 5.69 Å². The fraction of sp³-hybridized carbons (Fsp3) is 0.412. The lowest BCUT2D eigenvalue weighted by atomic mass is 10.1. The van der Waals surface area contributed by atoms with Gasteiger partial charge in [-0.25, -0.2) is 4.99 Å². The molecule has 27 heavy (non-hydrogen) atoms. The normalized spacial score (nSPS) is 17.4. The molecule has 1 amide bonds. The van der Waals surface area contributed by atoms with Gasteiger partial charge in [-0.1, -0.05) is 0 Å². The number of hydrogen-bond donors (Lipinski definition) is 2. The van der Waals surface area contributed by atoms with Gasteiger partial charge < -0.3 is 24.2 Å². The minimum atomic E-state index is -1.07. The number of aliphatic imine (C=N–C) groups is 1. The Morgan fingerprint density at radius 3 is 2.81 bits per heavy atom. The number of carbonyl (C=O) groups excluding carboxylic acids is 2. The first-order chi connectivity index (χ1) is 12.9. The van der Waals surface area contributed by atoms with Crippen LogP contribution in [-0.4, -0.2) is 60.2 Å². The van der Waals surface area contributed by atoms with Crippen molar-refractivity contribution < 1.29 is 33.7 Å². The standard InChI is InChI=1S/C17H19N3O7/c1-9(21)26-5-6-27-13-4-3-11-10(15(13)25-2)8-20-12(7-14(22)23)16(24)19-17(20)18-11/h3-4,12H,5-8H2,1-2H3,(H,22,23)(H,18,19,24). The molecule has 0 spiro atoms. The molecule has 1 unspecified atom stereocenters. The van der Waals surface area contributed by atoms with Gasteiger partial charge in [-0.05, 0) is 12.1 Å². The van der Waals surface area contributed by atoms with E-state index in [-0.39, 0.29) is 26.2 Å². The molecular weight excluding hydrogens is 358 g/mol. The molecule has 10 nitrogen and oxygen atoms in total. The van der Waals surface area contributed by atoms with Crippen LogP contribution in [0, 0.1) is 0 Å². The van der Waals surface area contributed by atoms with Gasteiger partial charge in [0.15, 0.2) is 11.5 Å². The van der Waals surface area contributed by atoms with Crippen molar-refractivity contribution in [3.63, 3.8) is 0 Å². The highest BCUT2D eigenvalue weighted by Gasteiger charge is 2.41.